The van der Waals surface area contributed by atoms with Gasteiger partial charge in [0.1, 0.15) is 0 Å². The fourth-order valence-electron chi connectivity index (χ4n) is 3.09. The maximum atomic E-state index is 12.2. The second-order valence-corrected chi connectivity index (χ2v) is 6.64. The zero-order valence-electron chi connectivity index (χ0n) is 13.5. The van der Waals surface area contributed by atoms with E-state index in [0.717, 1.165) is 32.2 Å². The van der Waals surface area contributed by atoms with Gasteiger partial charge in [-0.25, -0.2) is 0 Å². The molecule has 1 heterocycles. The summed E-state index contributed by atoms with van der Waals surface area (Å²) in [6.45, 7) is 7.66. The molecule has 0 saturated carbocycles. The number of carboxylic acids is 1. The molecule has 5 nitrogen and oxygen atoms in total. The quantitative estimate of drug-likeness (QED) is 0.640. The lowest BCUT2D eigenvalue weighted by Crippen LogP contribution is -2.49. The molecule has 0 aromatic carbocycles. The van der Waals surface area contributed by atoms with Gasteiger partial charge in [0.25, 0.3) is 0 Å². The molecule has 122 valence electrons. The first-order valence-corrected chi connectivity index (χ1v) is 8.15. The Morgan fingerprint density at radius 1 is 1.38 bits per heavy atom. The lowest BCUT2D eigenvalue weighted by molar-refractivity contribution is -0.138. The van der Waals surface area contributed by atoms with E-state index in [-0.39, 0.29) is 24.3 Å². The molecule has 0 spiro atoms. The maximum Gasteiger partial charge on any atom is 0.303 e. The first kappa shape index (κ1) is 18.0. The highest BCUT2D eigenvalue weighted by Gasteiger charge is 2.26. The van der Waals surface area contributed by atoms with Crippen LogP contribution in [0.15, 0.2) is 0 Å². The SMILES string of the molecule is CCC1CCNC(C(=O)NCC(CC(=O)O)CC(C)C)C1. The molecule has 1 rings (SSSR count). The second-order valence-electron chi connectivity index (χ2n) is 6.64. The van der Waals surface area contributed by atoms with Crippen molar-refractivity contribution < 1.29 is 14.7 Å². The number of carbonyl (C=O) groups is 2. The van der Waals surface area contributed by atoms with Crippen LogP contribution in [0.3, 0.4) is 0 Å². The van der Waals surface area contributed by atoms with Crippen LogP contribution in [0.1, 0.15) is 52.9 Å². The van der Waals surface area contributed by atoms with Crippen LogP contribution >= 0.6 is 0 Å². The molecular weight excluding hydrogens is 268 g/mol. The maximum absolute atomic E-state index is 12.2. The minimum atomic E-state index is -0.795. The molecule has 21 heavy (non-hydrogen) atoms. The van der Waals surface area contributed by atoms with Crippen molar-refractivity contribution >= 4 is 11.9 Å². The number of aliphatic carboxylic acids is 1. The van der Waals surface area contributed by atoms with Gasteiger partial charge in [-0.3, -0.25) is 9.59 Å². The molecule has 1 saturated heterocycles. The van der Waals surface area contributed by atoms with Gasteiger partial charge in [0.05, 0.1) is 6.04 Å². The van der Waals surface area contributed by atoms with Crippen molar-refractivity contribution in [1.82, 2.24) is 10.6 Å². The largest absolute Gasteiger partial charge is 0.481 e. The zero-order valence-corrected chi connectivity index (χ0v) is 13.5. The Labute approximate surface area is 127 Å². The van der Waals surface area contributed by atoms with E-state index in [1.807, 2.05) is 0 Å². The number of rotatable bonds is 8. The third-order valence-corrected chi connectivity index (χ3v) is 4.24. The highest BCUT2D eigenvalue weighted by Crippen LogP contribution is 2.20. The normalized spacial score (nSPS) is 23.8. The predicted octanol–water partition coefficient (Wildman–Crippen LogP) is 2.02. The smallest absolute Gasteiger partial charge is 0.303 e. The molecule has 0 radical (unpaired) electrons. The van der Waals surface area contributed by atoms with Crippen LogP contribution in [-0.4, -0.2) is 36.1 Å². The van der Waals surface area contributed by atoms with E-state index < -0.39 is 5.97 Å². The Balaban J connectivity index is 2.42. The van der Waals surface area contributed by atoms with Crippen LogP contribution in [-0.2, 0) is 9.59 Å². The van der Waals surface area contributed by atoms with Crippen molar-refractivity contribution in [3.63, 3.8) is 0 Å². The fraction of sp³-hybridized carbons (Fsp3) is 0.875. The van der Waals surface area contributed by atoms with Crippen molar-refractivity contribution in [2.24, 2.45) is 17.8 Å². The van der Waals surface area contributed by atoms with Gasteiger partial charge in [-0.15, -0.1) is 0 Å². The van der Waals surface area contributed by atoms with Crippen molar-refractivity contribution in [2.75, 3.05) is 13.1 Å². The number of amides is 1. The Morgan fingerprint density at radius 3 is 2.67 bits per heavy atom. The molecule has 0 bridgehead atoms. The van der Waals surface area contributed by atoms with Gasteiger partial charge in [-0.05, 0) is 43.6 Å². The zero-order chi connectivity index (χ0) is 15.8. The fourth-order valence-corrected chi connectivity index (χ4v) is 3.09. The number of hydrogen-bond acceptors (Lipinski definition) is 3. The Kier molecular flexibility index (Phi) is 7.72. The predicted molar refractivity (Wildman–Crippen MR) is 83.0 cm³/mol. The minimum Gasteiger partial charge on any atom is -0.481 e. The summed E-state index contributed by atoms with van der Waals surface area (Å²) in [5, 5.41) is 15.2. The van der Waals surface area contributed by atoms with Crippen LogP contribution in [0.4, 0.5) is 0 Å². The van der Waals surface area contributed by atoms with Crippen LogP contribution in [0.2, 0.25) is 0 Å². The summed E-state index contributed by atoms with van der Waals surface area (Å²) in [5.74, 6) is 0.289. The highest BCUT2D eigenvalue weighted by molar-refractivity contribution is 5.81. The number of piperidine rings is 1. The molecule has 1 aliphatic heterocycles. The lowest BCUT2D eigenvalue weighted by atomic mass is 9.89. The first-order chi connectivity index (χ1) is 9.92. The molecule has 3 unspecified atom stereocenters. The molecule has 1 amide bonds. The molecule has 5 heteroatoms. The molecule has 0 aromatic heterocycles. The van der Waals surface area contributed by atoms with E-state index in [0.29, 0.717) is 18.4 Å². The average Bonchev–Trinajstić information content (AvgIpc) is 2.43. The van der Waals surface area contributed by atoms with Crippen molar-refractivity contribution in [2.45, 2.75) is 58.9 Å². The summed E-state index contributed by atoms with van der Waals surface area (Å²) in [4.78, 5) is 23.1. The van der Waals surface area contributed by atoms with Crippen molar-refractivity contribution in [3.8, 4) is 0 Å². The topological polar surface area (TPSA) is 78.4 Å². The van der Waals surface area contributed by atoms with Gasteiger partial charge >= 0.3 is 5.97 Å². The molecular formula is C16H30N2O3. The van der Waals surface area contributed by atoms with Crippen LogP contribution < -0.4 is 10.6 Å². The third kappa shape index (κ3) is 6.93. The number of nitrogens with one attached hydrogen (secondary N) is 2. The summed E-state index contributed by atoms with van der Waals surface area (Å²) < 4.78 is 0. The molecule has 3 atom stereocenters. The van der Waals surface area contributed by atoms with Crippen LogP contribution in [0.5, 0.6) is 0 Å². The van der Waals surface area contributed by atoms with Crippen LogP contribution in [0, 0.1) is 17.8 Å². The summed E-state index contributed by atoms with van der Waals surface area (Å²) in [6.07, 6.45) is 4.07. The highest BCUT2D eigenvalue weighted by atomic mass is 16.4. The molecule has 1 aliphatic rings. The monoisotopic (exact) mass is 298 g/mol. The Morgan fingerprint density at radius 2 is 2.10 bits per heavy atom. The van der Waals surface area contributed by atoms with Crippen LogP contribution in [0.25, 0.3) is 0 Å². The molecule has 0 aromatic rings. The van der Waals surface area contributed by atoms with E-state index in [9.17, 15) is 9.59 Å². The standard InChI is InChI=1S/C16H30N2O3/c1-4-12-5-6-17-14(8-12)16(21)18-10-13(7-11(2)3)9-15(19)20/h11-14,17H,4-10H2,1-3H3,(H,18,21)(H,19,20). The second kappa shape index (κ2) is 9.03. The summed E-state index contributed by atoms with van der Waals surface area (Å²) in [6, 6.07) is -0.117. The van der Waals surface area contributed by atoms with E-state index in [1.54, 1.807) is 0 Å². The third-order valence-electron chi connectivity index (χ3n) is 4.24. The molecule has 3 N–H and O–H groups in total. The van der Waals surface area contributed by atoms with E-state index in [4.69, 9.17) is 5.11 Å². The first-order valence-electron chi connectivity index (χ1n) is 8.15. The summed E-state index contributed by atoms with van der Waals surface area (Å²) in [7, 11) is 0. The average molecular weight is 298 g/mol. The molecule has 1 fully saturated rings. The number of hydrogen-bond donors (Lipinski definition) is 3. The number of carboxylic acid groups (broad SMARTS) is 1. The van der Waals surface area contributed by atoms with Gasteiger partial charge in [0.15, 0.2) is 0 Å². The molecule has 0 aliphatic carbocycles. The van der Waals surface area contributed by atoms with Gasteiger partial charge in [-0.2, -0.15) is 0 Å². The lowest BCUT2D eigenvalue weighted by Gasteiger charge is -2.29. The summed E-state index contributed by atoms with van der Waals surface area (Å²) in [5.41, 5.74) is 0. The van der Waals surface area contributed by atoms with Gasteiger partial charge in [0.2, 0.25) is 5.91 Å². The van der Waals surface area contributed by atoms with Gasteiger partial charge in [0, 0.05) is 13.0 Å². The van der Waals surface area contributed by atoms with Gasteiger partial charge in [-0.1, -0.05) is 27.2 Å². The minimum absolute atomic E-state index is 0.0111. The Hall–Kier alpha value is -1.10. The van der Waals surface area contributed by atoms with E-state index >= 15 is 0 Å². The van der Waals surface area contributed by atoms with Crippen molar-refractivity contribution in [1.29, 1.82) is 0 Å². The Bertz CT molecular complexity index is 344. The van der Waals surface area contributed by atoms with E-state index in [1.165, 1.54) is 0 Å². The van der Waals surface area contributed by atoms with E-state index in [2.05, 4.69) is 31.4 Å². The summed E-state index contributed by atoms with van der Waals surface area (Å²) >= 11 is 0. The van der Waals surface area contributed by atoms with Gasteiger partial charge < -0.3 is 15.7 Å². The van der Waals surface area contributed by atoms with Crippen molar-refractivity contribution in [3.05, 3.63) is 0 Å². The number of carbonyl (C=O) groups excluding carboxylic acids is 1.